The molecule has 5 nitrogen and oxygen atoms in total. The number of anilines is 1. The smallest absolute Gasteiger partial charge is 0.262 e. The third-order valence-corrected chi connectivity index (χ3v) is 9.05. The van der Waals surface area contributed by atoms with Crippen LogP contribution in [0.25, 0.3) is 16.5 Å². The summed E-state index contributed by atoms with van der Waals surface area (Å²) in [6, 6.07) is 13.2. The molecule has 3 aromatic rings. The third-order valence-electron chi connectivity index (χ3n) is 8.11. The Bertz CT molecular complexity index is 1280. The van der Waals surface area contributed by atoms with Crippen LogP contribution in [0.2, 0.25) is 0 Å². The van der Waals surface area contributed by atoms with Gasteiger partial charge in [-0.05, 0) is 67.0 Å². The monoisotopic (exact) mass is 507 g/mol. The average molecular weight is 508 g/mol. The van der Waals surface area contributed by atoms with Gasteiger partial charge in [-0.15, -0.1) is 0 Å². The molecule has 0 bridgehead atoms. The van der Waals surface area contributed by atoms with E-state index in [0.29, 0.717) is 28.7 Å². The Kier molecular flexibility index (Phi) is 6.94. The van der Waals surface area contributed by atoms with Crippen molar-refractivity contribution < 1.29 is 9.13 Å². The van der Waals surface area contributed by atoms with E-state index >= 15 is 4.39 Å². The normalized spacial score (nSPS) is 21.5. The highest BCUT2D eigenvalue weighted by molar-refractivity contribution is 7.99. The molecule has 3 heterocycles. The highest BCUT2D eigenvalue weighted by Gasteiger charge is 2.30. The van der Waals surface area contributed by atoms with Gasteiger partial charge < -0.3 is 9.64 Å². The van der Waals surface area contributed by atoms with Crippen molar-refractivity contribution in [2.45, 2.75) is 38.1 Å². The Morgan fingerprint density at radius 1 is 0.972 bits per heavy atom. The standard InChI is InChI=1S/C29H34FN3O2S/c30-27-18-23(5-8-28(27)32-11-10-24(19-32)31-13-15-36-16-14-31)33-12-9-22-17-25(6-7-26(22)29(33)34)35-20-21-3-1-2-4-21/h5-9,12,17-18,21,24H,1-4,10-11,13-16,19-20H2. The predicted molar refractivity (Wildman–Crippen MR) is 146 cm³/mol. The van der Waals surface area contributed by atoms with Gasteiger partial charge in [0.15, 0.2) is 0 Å². The predicted octanol–water partition coefficient (Wildman–Crippen LogP) is 5.33. The highest BCUT2D eigenvalue weighted by Crippen LogP contribution is 2.29. The van der Waals surface area contributed by atoms with Gasteiger partial charge >= 0.3 is 0 Å². The molecule has 0 amide bonds. The zero-order valence-corrected chi connectivity index (χ0v) is 21.5. The lowest BCUT2D eigenvalue weighted by Crippen LogP contribution is -2.42. The second-order valence-electron chi connectivity index (χ2n) is 10.4. The summed E-state index contributed by atoms with van der Waals surface area (Å²) in [7, 11) is 0. The molecule has 0 radical (unpaired) electrons. The van der Waals surface area contributed by atoms with Crippen LogP contribution >= 0.6 is 11.8 Å². The van der Waals surface area contributed by atoms with Gasteiger partial charge in [0.2, 0.25) is 0 Å². The van der Waals surface area contributed by atoms with Gasteiger partial charge in [-0.25, -0.2) is 4.39 Å². The average Bonchev–Trinajstić information content (AvgIpc) is 3.61. The molecule has 2 aliphatic heterocycles. The molecule has 0 N–H and O–H groups in total. The number of aromatic nitrogens is 1. The van der Waals surface area contributed by atoms with Gasteiger partial charge in [0, 0.05) is 61.4 Å². The molecular weight excluding hydrogens is 473 g/mol. The third kappa shape index (κ3) is 4.88. The van der Waals surface area contributed by atoms with E-state index in [1.165, 1.54) is 47.8 Å². The van der Waals surface area contributed by atoms with Crippen molar-refractivity contribution in [1.29, 1.82) is 0 Å². The number of halogens is 1. The first-order chi connectivity index (χ1) is 17.7. The van der Waals surface area contributed by atoms with Crippen molar-refractivity contribution >= 4 is 28.2 Å². The van der Waals surface area contributed by atoms with Crippen LogP contribution in [0.3, 0.4) is 0 Å². The van der Waals surface area contributed by atoms with Crippen molar-refractivity contribution in [2.24, 2.45) is 5.92 Å². The maximum atomic E-state index is 15.3. The van der Waals surface area contributed by atoms with E-state index in [4.69, 9.17) is 4.74 Å². The van der Waals surface area contributed by atoms with E-state index in [-0.39, 0.29) is 11.4 Å². The van der Waals surface area contributed by atoms with Gasteiger partial charge in [0.25, 0.3) is 5.56 Å². The zero-order chi connectivity index (χ0) is 24.5. The summed E-state index contributed by atoms with van der Waals surface area (Å²) in [4.78, 5) is 18.0. The van der Waals surface area contributed by atoms with Crippen LogP contribution in [-0.4, -0.2) is 59.8 Å². The molecule has 3 fully saturated rings. The minimum atomic E-state index is -0.273. The van der Waals surface area contributed by atoms with Gasteiger partial charge in [-0.2, -0.15) is 11.8 Å². The van der Waals surface area contributed by atoms with Crippen LogP contribution < -0.4 is 15.2 Å². The Balaban J connectivity index is 1.18. The fourth-order valence-corrected chi connectivity index (χ4v) is 6.94. The number of ether oxygens (including phenoxy) is 1. The largest absolute Gasteiger partial charge is 0.493 e. The summed E-state index contributed by atoms with van der Waals surface area (Å²) in [5, 5.41) is 1.45. The first-order valence-electron chi connectivity index (χ1n) is 13.3. The summed E-state index contributed by atoms with van der Waals surface area (Å²) in [6.07, 6.45) is 7.88. The molecular formula is C29H34FN3O2S. The van der Waals surface area contributed by atoms with E-state index < -0.39 is 0 Å². The van der Waals surface area contributed by atoms with Crippen LogP contribution in [0.1, 0.15) is 32.1 Å². The second-order valence-corrected chi connectivity index (χ2v) is 11.6. The molecule has 3 aliphatic rings. The summed E-state index contributed by atoms with van der Waals surface area (Å²) in [5.41, 5.74) is 1.03. The van der Waals surface area contributed by atoms with E-state index in [0.717, 1.165) is 50.3 Å². The molecule has 2 saturated heterocycles. The van der Waals surface area contributed by atoms with Crippen LogP contribution in [0, 0.1) is 11.7 Å². The summed E-state index contributed by atoms with van der Waals surface area (Å²) in [5.74, 6) is 3.55. The lowest BCUT2D eigenvalue weighted by atomic mass is 10.1. The molecule has 1 aliphatic carbocycles. The number of fused-ring (bicyclic) bond motifs is 1. The Hall–Kier alpha value is -2.51. The number of nitrogens with zero attached hydrogens (tertiary/aromatic N) is 3. The molecule has 6 rings (SSSR count). The molecule has 2 aromatic carbocycles. The van der Waals surface area contributed by atoms with Gasteiger partial charge in [-0.1, -0.05) is 12.8 Å². The quantitative estimate of drug-likeness (QED) is 0.451. The Morgan fingerprint density at radius 2 is 1.81 bits per heavy atom. The zero-order valence-electron chi connectivity index (χ0n) is 20.7. The lowest BCUT2D eigenvalue weighted by Gasteiger charge is -2.32. The number of hydrogen-bond acceptors (Lipinski definition) is 5. The topological polar surface area (TPSA) is 37.7 Å². The van der Waals surface area contributed by atoms with Crippen LogP contribution in [0.5, 0.6) is 5.75 Å². The van der Waals surface area contributed by atoms with Gasteiger partial charge in [0.1, 0.15) is 11.6 Å². The maximum absolute atomic E-state index is 15.3. The van der Waals surface area contributed by atoms with Crippen molar-refractivity contribution in [3.63, 3.8) is 0 Å². The van der Waals surface area contributed by atoms with E-state index in [2.05, 4.69) is 9.80 Å². The first-order valence-corrected chi connectivity index (χ1v) is 14.5. The number of hydrogen-bond donors (Lipinski definition) is 0. The van der Waals surface area contributed by atoms with Crippen LogP contribution in [-0.2, 0) is 0 Å². The second kappa shape index (κ2) is 10.5. The molecule has 36 heavy (non-hydrogen) atoms. The molecule has 1 saturated carbocycles. The highest BCUT2D eigenvalue weighted by atomic mass is 32.2. The van der Waals surface area contributed by atoms with E-state index in [1.807, 2.05) is 48.2 Å². The molecule has 0 spiro atoms. The van der Waals surface area contributed by atoms with Gasteiger partial charge in [-0.3, -0.25) is 14.3 Å². The van der Waals surface area contributed by atoms with Crippen molar-refractivity contribution in [3.05, 3.63) is 64.8 Å². The number of thioether (sulfide) groups is 1. The summed E-state index contributed by atoms with van der Waals surface area (Å²) in [6.45, 7) is 4.73. The van der Waals surface area contributed by atoms with E-state index in [1.54, 1.807) is 6.20 Å². The molecule has 1 aromatic heterocycles. The van der Waals surface area contributed by atoms with Crippen molar-refractivity contribution in [1.82, 2.24) is 9.47 Å². The number of pyridine rings is 1. The van der Waals surface area contributed by atoms with Crippen molar-refractivity contribution in [3.8, 4) is 11.4 Å². The maximum Gasteiger partial charge on any atom is 0.262 e. The molecule has 7 heteroatoms. The van der Waals surface area contributed by atoms with Gasteiger partial charge in [0.05, 0.1) is 18.0 Å². The van der Waals surface area contributed by atoms with Crippen LogP contribution in [0.4, 0.5) is 10.1 Å². The fraction of sp³-hybridized carbons (Fsp3) is 0.483. The minimum absolute atomic E-state index is 0.147. The number of benzene rings is 2. The minimum Gasteiger partial charge on any atom is -0.493 e. The summed E-state index contributed by atoms with van der Waals surface area (Å²) >= 11 is 2.02. The number of rotatable bonds is 6. The van der Waals surface area contributed by atoms with Crippen molar-refractivity contribution in [2.75, 3.05) is 49.2 Å². The SMILES string of the molecule is O=c1c2ccc(OCC3CCCC3)cc2ccn1-c1ccc(N2CCC(N3CCSCC3)C2)c(F)c1. The molecule has 1 unspecified atom stereocenters. The Morgan fingerprint density at radius 3 is 2.61 bits per heavy atom. The first kappa shape index (κ1) is 23.9. The fourth-order valence-electron chi connectivity index (χ4n) is 6.01. The van der Waals surface area contributed by atoms with Crippen LogP contribution in [0.15, 0.2) is 53.5 Å². The van der Waals surface area contributed by atoms with E-state index in [9.17, 15) is 4.79 Å². The lowest BCUT2D eigenvalue weighted by molar-refractivity contribution is 0.231. The Labute approximate surface area is 216 Å². The summed E-state index contributed by atoms with van der Waals surface area (Å²) < 4.78 is 22.8. The molecule has 190 valence electrons. The molecule has 1 atom stereocenters.